The summed E-state index contributed by atoms with van der Waals surface area (Å²) in [6.45, 7) is 11.4. The van der Waals surface area contributed by atoms with Gasteiger partial charge in [0, 0.05) is 19.3 Å². The minimum atomic E-state index is -0.761. The monoisotopic (exact) mass is 807 g/mol. The second-order valence-electron chi connectivity index (χ2n) is 18.2. The van der Waals surface area contributed by atoms with E-state index >= 15 is 0 Å². The van der Waals surface area contributed by atoms with E-state index in [1.807, 2.05) is 0 Å². The minimum Gasteiger partial charge on any atom is -0.462 e. The summed E-state index contributed by atoms with van der Waals surface area (Å²) in [6, 6.07) is 0. The summed E-state index contributed by atoms with van der Waals surface area (Å²) in [4.78, 5) is 37.9. The SMILES string of the molecule is CCCCCCCCCCCCCCCC(=O)O[C@H](COC(=O)CCCCCCCCCCCCCC(C)C)COC(=O)CCCCCCCCCCC(C)CC. The van der Waals surface area contributed by atoms with E-state index in [9.17, 15) is 14.4 Å². The maximum atomic E-state index is 12.8. The molecule has 0 heterocycles. The molecule has 0 rings (SSSR count). The normalized spacial score (nSPS) is 12.5. The molecule has 0 fully saturated rings. The molecule has 338 valence electrons. The lowest BCUT2D eigenvalue weighted by molar-refractivity contribution is -0.167. The van der Waals surface area contributed by atoms with Gasteiger partial charge >= 0.3 is 17.9 Å². The summed E-state index contributed by atoms with van der Waals surface area (Å²) >= 11 is 0. The number of ether oxygens (including phenoxy) is 3. The molecule has 6 nitrogen and oxygen atoms in total. The zero-order chi connectivity index (χ0) is 41.9. The summed E-state index contributed by atoms with van der Waals surface area (Å²) in [5.74, 6) is 0.824. The van der Waals surface area contributed by atoms with Crippen LogP contribution in [0.15, 0.2) is 0 Å². The molecule has 0 aliphatic heterocycles. The van der Waals surface area contributed by atoms with Gasteiger partial charge in [-0.25, -0.2) is 0 Å². The Morgan fingerprint density at radius 2 is 0.667 bits per heavy atom. The molecule has 2 atom stereocenters. The van der Waals surface area contributed by atoms with Gasteiger partial charge in [0.15, 0.2) is 6.10 Å². The minimum absolute atomic E-state index is 0.0642. The second-order valence-corrected chi connectivity index (χ2v) is 18.2. The van der Waals surface area contributed by atoms with Gasteiger partial charge in [0.25, 0.3) is 0 Å². The lowest BCUT2D eigenvalue weighted by Crippen LogP contribution is -2.30. The van der Waals surface area contributed by atoms with Crippen LogP contribution in [-0.2, 0) is 28.6 Å². The van der Waals surface area contributed by atoms with Gasteiger partial charge in [-0.15, -0.1) is 0 Å². The van der Waals surface area contributed by atoms with Crippen molar-refractivity contribution < 1.29 is 28.6 Å². The van der Waals surface area contributed by atoms with Crippen molar-refractivity contribution >= 4 is 17.9 Å². The van der Waals surface area contributed by atoms with Crippen LogP contribution in [0.2, 0.25) is 0 Å². The Balaban J connectivity index is 4.33. The zero-order valence-corrected chi connectivity index (χ0v) is 39.0. The van der Waals surface area contributed by atoms with Gasteiger partial charge in [-0.1, -0.05) is 240 Å². The maximum Gasteiger partial charge on any atom is 0.306 e. The molecule has 0 aliphatic rings. The molecular formula is C51H98O6. The molecule has 0 aliphatic carbocycles. The Labute approximate surface area is 355 Å². The van der Waals surface area contributed by atoms with Crippen molar-refractivity contribution in [3.63, 3.8) is 0 Å². The first-order valence-corrected chi connectivity index (χ1v) is 25.3. The molecular weight excluding hydrogens is 709 g/mol. The van der Waals surface area contributed by atoms with E-state index in [2.05, 4.69) is 34.6 Å². The summed E-state index contributed by atoms with van der Waals surface area (Å²) in [7, 11) is 0. The van der Waals surface area contributed by atoms with E-state index in [1.165, 1.54) is 167 Å². The molecule has 0 spiro atoms. The molecule has 0 saturated heterocycles. The van der Waals surface area contributed by atoms with Crippen molar-refractivity contribution in [2.75, 3.05) is 13.2 Å². The van der Waals surface area contributed by atoms with Gasteiger partial charge in [0.1, 0.15) is 13.2 Å². The lowest BCUT2D eigenvalue weighted by Gasteiger charge is -2.18. The highest BCUT2D eigenvalue weighted by atomic mass is 16.6. The van der Waals surface area contributed by atoms with Gasteiger partial charge in [-0.2, -0.15) is 0 Å². The molecule has 0 amide bonds. The molecule has 0 radical (unpaired) electrons. The summed E-state index contributed by atoms with van der Waals surface area (Å²) in [6.07, 6.45) is 43.6. The fourth-order valence-electron chi connectivity index (χ4n) is 7.60. The van der Waals surface area contributed by atoms with Crippen molar-refractivity contribution in [2.24, 2.45) is 11.8 Å². The Morgan fingerprint density at radius 1 is 0.368 bits per heavy atom. The molecule has 0 aromatic carbocycles. The van der Waals surface area contributed by atoms with Crippen LogP contribution in [0.5, 0.6) is 0 Å². The van der Waals surface area contributed by atoms with E-state index in [1.54, 1.807) is 0 Å². The Bertz CT molecular complexity index is 872. The van der Waals surface area contributed by atoms with Gasteiger partial charge in [-0.3, -0.25) is 14.4 Å². The maximum absolute atomic E-state index is 12.8. The van der Waals surface area contributed by atoms with Gasteiger partial charge in [0.2, 0.25) is 0 Å². The lowest BCUT2D eigenvalue weighted by atomic mass is 9.99. The first kappa shape index (κ1) is 55.4. The third kappa shape index (κ3) is 43.8. The topological polar surface area (TPSA) is 78.9 Å². The molecule has 6 heteroatoms. The summed E-state index contributed by atoms with van der Waals surface area (Å²) in [5, 5.41) is 0. The highest BCUT2D eigenvalue weighted by Gasteiger charge is 2.19. The molecule has 0 aromatic heterocycles. The van der Waals surface area contributed by atoms with Crippen molar-refractivity contribution in [1.29, 1.82) is 0 Å². The number of hydrogen-bond donors (Lipinski definition) is 0. The zero-order valence-electron chi connectivity index (χ0n) is 39.0. The third-order valence-corrected chi connectivity index (χ3v) is 11.8. The fourth-order valence-corrected chi connectivity index (χ4v) is 7.60. The predicted octanol–water partition coefficient (Wildman–Crippen LogP) is 16.1. The average Bonchev–Trinajstić information content (AvgIpc) is 3.19. The number of carbonyl (C=O) groups is 3. The van der Waals surface area contributed by atoms with Crippen molar-refractivity contribution in [3.05, 3.63) is 0 Å². The van der Waals surface area contributed by atoms with E-state index in [-0.39, 0.29) is 31.1 Å². The Kier molecular flexibility index (Phi) is 42.7. The summed E-state index contributed by atoms with van der Waals surface area (Å²) in [5.41, 5.74) is 0. The predicted molar refractivity (Wildman–Crippen MR) is 243 cm³/mol. The quantitative estimate of drug-likeness (QED) is 0.0346. The van der Waals surface area contributed by atoms with Gasteiger partial charge in [-0.05, 0) is 31.1 Å². The van der Waals surface area contributed by atoms with Gasteiger partial charge in [0.05, 0.1) is 0 Å². The van der Waals surface area contributed by atoms with Crippen LogP contribution in [0.25, 0.3) is 0 Å². The largest absolute Gasteiger partial charge is 0.462 e. The summed E-state index contributed by atoms with van der Waals surface area (Å²) < 4.78 is 16.8. The van der Waals surface area contributed by atoms with Crippen molar-refractivity contribution in [3.8, 4) is 0 Å². The Hall–Kier alpha value is -1.59. The molecule has 0 N–H and O–H groups in total. The van der Waals surface area contributed by atoms with E-state index in [4.69, 9.17) is 14.2 Å². The van der Waals surface area contributed by atoms with Crippen LogP contribution in [-0.4, -0.2) is 37.2 Å². The molecule has 0 saturated carbocycles. The molecule has 0 aromatic rings. The van der Waals surface area contributed by atoms with Crippen molar-refractivity contribution in [2.45, 2.75) is 285 Å². The van der Waals surface area contributed by atoms with E-state index < -0.39 is 6.10 Å². The van der Waals surface area contributed by atoms with Crippen LogP contribution in [0, 0.1) is 11.8 Å². The fraction of sp³-hybridized carbons (Fsp3) is 0.941. The number of esters is 3. The molecule has 0 bridgehead atoms. The number of rotatable bonds is 45. The van der Waals surface area contributed by atoms with Crippen LogP contribution >= 0.6 is 0 Å². The highest BCUT2D eigenvalue weighted by molar-refractivity contribution is 5.71. The first-order valence-electron chi connectivity index (χ1n) is 25.3. The molecule has 57 heavy (non-hydrogen) atoms. The number of carbonyl (C=O) groups excluding carboxylic acids is 3. The second kappa shape index (κ2) is 44.0. The Morgan fingerprint density at radius 3 is 1.00 bits per heavy atom. The smallest absolute Gasteiger partial charge is 0.306 e. The van der Waals surface area contributed by atoms with Crippen LogP contribution in [0.3, 0.4) is 0 Å². The van der Waals surface area contributed by atoms with Crippen molar-refractivity contribution in [1.82, 2.24) is 0 Å². The van der Waals surface area contributed by atoms with E-state index in [0.717, 1.165) is 69.6 Å². The first-order chi connectivity index (χ1) is 27.8. The van der Waals surface area contributed by atoms with Crippen LogP contribution < -0.4 is 0 Å². The standard InChI is InChI=1S/C51H98O6/c1-6-8-9-10-11-12-13-14-17-21-28-33-38-43-51(54)57-48(45-56-50(53)42-37-32-27-23-22-25-30-35-40-47(5)7-2)44-55-49(52)41-36-31-26-20-18-15-16-19-24-29-34-39-46(3)4/h46-48H,6-45H2,1-5H3/t47?,48-/m1/s1. The highest BCUT2D eigenvalue weighted by Crippen LogP contribution is 2.17. The van der Waals surface area contributed by atoms with Crippen LogP contribution in [0.1, 0.15) is 279 Å². The molecule has 1 unspecified atom stereocenters. The van der Waals surface area contributed by atoms with Gasteiger partial charge < -0.3 is 14.2 Å². The number of unbranched alkanes of at least 4 members (excludes halogenated alkanes) is 29. The number of hydrogen-bond acceptors (Lipinski definition) is 6. The van der Waals surface area contributed by atoms with E-state index in [0.29, 0.717) is 19.3 Å². The average molecular weight is 807 g/mol. The third-order valence-electron chi connectivity index (χ3n) is 11.8. The van der Waals surface area contributed by atoms with Crippen LogP contribution in [0.4, 0.5) is 0 Å².